The Labute approximate surface area is 97.2 Å². The van der Waals surface area contributed by atoms with Gasteiger partial charge in [-0.15, -0.1) is 0 Å². The van der Waals surface area contributed by atoms with Gasteiger partial charge in [-0.2, -0.15) is 0 Å². The summed E-state index contributed by atoms with van der Waals surface area (Å²) >= 11 is 0. The van der Waals surface area contributed by atoms with Crippen molar-refractivity contribution in [2.24, 2.45) is 5.73 Å². The molecule has 3 heteroatoms. The molecule has 0 aromatic heterocycles. The topological polar surface area (TPSA) is 55.5 Å². The summed E-state index contributed by atoms with van der Waals surface area (Å²) in [4.78, 5) is 0. The lowest BCUT2D eigenvalue weighted by Gasteiger charge is -2.10. The van der Waals surface area contributed by atoms with Gasteiger partial charge in [-0.25, -0.2) is 0 Å². The maximum atomic E-state index is 9.70. The van der Waals surface area contributed by atoms with Crippen LogP contribution in [0.5, 0.6) is 5.75 Å². The zero-order chi connectivity index (χ0) is 11.8. The fourth-order valence-electron chi connectivity index (χ4n) is 1.45. The molecular formula is C13H21NO2. The van der Waals surface area contributed by atoms with E-state index in [0.717, 1.165) is 30.8 Å². The first-order chi connectivity index (χ1) is 7.77. The van der Waals surface area contributed by atoms with Crippen molar-refractivity contribution in [2.75, 3.05) is 13.2 Å². The molecule has 0 aliphatic rings. The summed E-state index contributed by atoms with van der Waals surface area (Å²) in [6.45, 7) is 3.38. The molecule has 1 aromatic rings. The maximum absolute atomic E-state index is 9.70. The lowest BCUT2D eigenvalue weighted by atomic mass is 10.1. The van der Waals surface area contributed by atoms with E-state index in [1.807, 2.05) is 24.3 Å². The van der Waals surface area contributed by atoms with E-state index >= 15 is 0 Å². The number of hydrogen-bond donors (Lipinski definition) is 2. The highest BCUT2D eigenvalue weighted by Gasteiger charge is 2.05. The van der Waals surface area contributed by atoms with E-state index in [9.17, 15) is 5.11 Å². The smallest absolute Gasteiger partial charge is 0.119 e. The number of nitrogens with two attached hydrogens (primary N) is 1. The molecule has 0 fully saturated rings. The number of aliphatic hydroxyl groups excluding tert-OH is 1. The van der Waals surface area contributed by atoms with Gasteiger partial charge < -0.3 is 15.6 Å². The number of unbranched alkanes of at least 4 members (excludes halogenated alkanes) is 1. The van der Waals surface area contributed by atoms with Crippen LogP contribution in [-0.4, -0.2) is 18.3 Å². The molecule has 90 valence electrons. The van der Waals surface area contributed by atoms with Gasteiger partial charge in [0, 0.05) is 0 Å². The van der Waals surface area contributed by atoms with E-state index < -0.39 is 6.10 Å². The van der Waals surface area contributed by atoms with Crippen LogP contribution in [0.15, 0.2) is 24.3 Å². The number of aliphatic hydroxyl groups is 1. The number of rotatable bonds is 7. The van der Waals surface area contributed by atoms with Gasteiger partial charge in [0.25, 0.3) is 0 Å². The van der Waals surface area contributed by atoms with Crippen molar-refractivity contribution < 1.29 is 9.84 Å². The van der Waals surface area contributed by atoms with Gasteiger partial charge in [-0.05, 0) is 37.1 Å². The molecule has 0 amide bonds. The summed E-state index contributed by atoms with van der Waals surface area (Å²) in [6, 6.07) is 7.57. The molecule has 0 bridgehead atoms. The molecule has 0 saturated carbocycles. The Bertz CT molecular complexity index is 284. The van der Waals surface area contributed by atoms with Crippen molar-refractivity contribution in [1.29, 1.82) is 0 Å². The average molecular weight is 223 g/mol. The highest BCUT2D eigenvalue weighted by molar-refractivity contribution is 5.28. The largest absolute Gasteiger partial charge is 0.494 e. The molecule has 0 aliphatic carbocycles. The van der Waals surface area contributed by atoms with Crippen molar-refractivity contribution in [1.82, 2.24) is 0 Å². The summed E-state index contributed by atoms with van der Waals surface area (Å²) in [5.41, 5.74) is 6.29. The van der Waals surface area contributed by atoms with Crippen LogP contribution in [0.1, 0.15) is 37.9 Å². The predicted octanol–water partition coefficient (Wildman–Crippen LogP) is 2.25. The van der Waals surface area contributed by atoms with Crippen LogP contribution in [0.2, 0.25) is 0 Å². The molecule has 0 aliphatic heterocycles. The molecule has 0 spiro atoms. The number of benzene rings is 1. The van der Waals surface area contributed by atoms with Crippen molar-refractivity contribution in [3.05, 3.63) is 29.8 Å². The van der Waals surface area contributed by atoms with Crippen LogP contribution >= 0.6 is 0 Å². The SMILES string of the molecule is CCCCOc1ccc(C(O)CCN)cc1. The first kappa shape index (κ1) is 13.0. The molecule has 1 rings (SSSR count). The fraction of sp³-hybridized carbons (Fsp3) is 0.538. The van der Waals surface area contributed by atoms with E-state index in [0.29, 0.717) is 13.0 Å². The van der Waals surface area contributed by atoms with Crippen LogP contribution in [-0.2, 0) is 0 Å². The summed E-state index contributed by atoms with van der Waals surface area (Å²) in [5.74, 6) is 0.858. The molecular weight excluding hydrogens is 202 g/mol. The minimum atomic E-state index is -0.463. The number of ether oxygens (including phenoxy) is 1. The Kier molecular flexibility index (Phi) is 5.90. The standard InChI is InChI=1S/C13H21NO2/c1-2-3-10-16-12-6-4-11(5-7-12)13(15)8-9-14/h4-7,13,15H,2-3,8-10,14H2,1H3. The quantitative estimate of drug-likeness (QED) is 0.697. The number of hydrogen-bond acceptors (Lipinski definition) is 3. The third kappa shape index (κ3) is 4.21. The third-order valence-corrected chi connectivity index (χ3v) is 2.47. The lowest BCUT2D eigenvalue weighted by Crippen LogP contribution is -2.06. The van der Waals surface area contributed by atoms with Gasteiger partial charge in [0.2, 0.25) is 0 Å². The first-order valence-electron chi connectivity index (χ1n) is 5.88. The van der Waals surface area contributed by atoms with Gasteiger partial charge in [0.1, 0.15) is 5.75 Å². The monoisotopic (exact) mass is 223 g/mol. The Balaban J connectivity index is 2.47. The highest BCUT2D eigenvalue weighted by atomic mass is 16.5. The van der Waals surface area contributed by atoms with E-state index in [1.165, 1.54) is 0 Å². The van der Waals surface area contributed by atoms with Gasteiger partial charge >= 0.3 is 0 Å². The van der Waals surface area contributed by atoms with Crippen LogP contribution in [0.25, 0.3) is 0 Å². The van der Waals surface area contributed by atoms with Crippen LogP contribution < -0.4 is 10.5 Å². The first-order valence-corrected chi connectivity index (χ1v) is 5.88. The van der Waals surface area contributed by atoms with Crippen LogP contribution in [0.4, 0.5) is 0 Å². The van der Waals surface area contributed by atoms with Crippen molar-refractivity contribution >= 4 is 0 Å². The zero-order valence-electron chi connectivity index (χ0n) is 9.86. The van der Waals surface area contributed by atoms with Crippen molar-refractivity contribution in [3.8, 4) is 5.75 Å². The second-order valence-electron chi connectivity index (χ2n) is 3.86. The van der Waals surface area contributed by atoms with Gasteiger partial charge in [0.05, 0.1) is 12.7 Å². The Hall–Kier alpha value is -1.06. The molecule has 1 atom stereocenters. The Morgan fingerprint density at radius 1 is 1.31 bits per heavy atom. The van der Waals surface area contributed by atoms with Gasteiger partial charge in [0.15, 0.2) is 0 Å². The minimum Gasteiger partial charge on any atom is -0.494 e. The summed E-state index contributed by atoms with van der Waals surface area (Å²) in [6.07, 6.45) is 2.33. The van der Waals surface area contributed by atoms with E-state index in [1.54, 1.807) is 0 Å². The summed E-state index contributed by atoms with van der Waals surface area (Å²) < 4.78 is 5.53. The highest BCUT2D eigenvalue weighted by Crippen LogP contribution is 2.19. The molecule has 0 radical (unpaired) electrons. The summed E-state index contributed by atoms with van der Waals surface area (Å²) in [7, 11) is 0. The second-order valence-corrected chi connectivity index (χ2v) is 3.86. The Morgan fingerprint density at radius 3 is 2.56 bits per heavy atom. The average Bonchev–Trinajstić information content (AvgIpc) is 2.30. The molecule has 0 saturated heterocycles. The fourth-order valence-corrected chi connectivity index (χ4v) is 1.45. The molecule has 0 heterocycles. The second kappa shape index (κ2) is 7.25. The van der Waals surface area contributed by atoms with E-state index in [2.05, 4.69) is 6.92 Å². The minimum absolute atomic E-state index is 0.463. The lowest BCUT2D eigenvalue weighted by molar-refractivity contribution is 0.170. The maximum Gasteiger partial charge on any atom is 0.119 e. The molecule has 16 heavy (non-hydrogen) atoms. The molecule has 1 aromatic carbocycles. The van der Waals surface area contributed by atoms with Gasteiger partial charge in [-0.1, -0.05) is 25.5 Å². The molecule has 3 N–H and O–H groups in total. The predicted molar refractivity (Wildman–Crippen MR) is 65.5 cm³/mol. The van der Waals surface area contributed by atoms with Crippen molar-refractivity contribution in [3.63, 3.8) is 0 Å². The third-order valence-electron chi connectivity index (χ3n) is 2.47. The van der Waals surface area contributed by atoms with E-state index in [4.69, 9.17) is 10.5 Å². The van der Waals surface area contributed by atoms with Crippen LogP contribution in [0.3, 0.4) is 0 Å². The van der Waals surface area contributed by atoms with Gasteiger partial charge in [-0.3, -0.25) is 0 Å². The zero-order valence-corrected chi connectivity index (χ0v) is 9.86. The molecule has 1 unspecified atom stereocenters. The van der Waals surface area contributed by atoms with Crippen molar-refractivity contribution in [2.45, 2.75) is 32.3 Å². The Morgan fingerprint density at radius 2 is 2.00 bits per heavy atom. The molecule has 3 nitrogen and oxygen atoms in total. The normalized spacial score (nSPS) is 12.4. The summed E-state index contributed by atoms with van der Waals surface area (Å²) in [5, 5.41) is 9.70. The van der Waals surface area contributed by atoms with E-state index in [-0.39, 0.29) is 0 Å². The van der Waals surface area contributed by atoms with Crippen LogP contribution in [0, 0.1) is 0 Å².